The van der Waals surface area contributed by atoms with Crippen molar-refractivity contribution in [2.24, 2.45) is 0 Å². The summed E-state index contributed by atoms with van der Waals surface area (Å²) in [6.07, 6.45) is 13.3. The zero-order valence-corrected chi connectivity index (χ0v) is 14.3. The molecule has 1 unspecified atom stereocenters. The number of ether oxygens (including phenoxy) is 1. The Labute approximate surface area is 148 Å². The number of aliphatic hydroxyl groups excluding tert-OH is 1. The molecule has 1 fully saturated rings. The van der Waals surface area contributed by atoms with Crippen LogP contribution in [-0.4, -0.2) is 35.9 Å². The fourth-order valence-electron chi connectivity index (χ4n) is 3.62. The van der Waals surface area contributed by atoms with E-state index < -0.39 is 0 Å². The van der Waals surface area contributed by atoms with E-state index in [1.54, 1.807) is 0 Å². The summed E-state index contributed by atoms with van der Waals surface area (Å²) in [5.41, 5.74) is 2.25. The van der Waals surface area contributed by atoms with Crippen LogP contribution in [0.4, 0.5) is 0 Å². The maximum absolute atomic E-state index is 9.26. The molecule has 2 heterocycles. The molecule has 25 heavy (non-hydrogen) atoms. The summed E-state index contributed by atoms with van der Waals surface area (Å²) < 4.78 is 6.38. The van der Waals surface area contributed by atoms with E-state index in [-0.39, 0.29) is 12.7 Å². The number of aliphatic hydroxyl groups is 1. The molecule has 2 aromatic rings. The number of hydrogen-bond donors (Lipinski definition) is 2. The molecule has 2 N–H and O–H groups in total. The van der Waals surface area contributed by atoms with Crippen LogP contribution in [-0.2, 0) is 0 Å². The summed E-state index contributed by atoms with van der Waals surface area (Å²) in [5, 5.41) is 14.9. The normalized spacial score (nSPS) is 21.3. The highest BCUT2D eigenvalue weighted by atomic mass is 16.5. The largest absolute Gasteiger partial charge is 0.490 e. The number of aromatic nitrogens is 1. The maximum Gasteiger partial charge on any atom is 0.129 e. The fourth-order valence-corrected chi connectivity index (χ4v) is 3.62. The Kier molecular flexibility index (Phi) is 4.81. The summed E-state index contributed by atoms with van der Waals surface area (Å²) >= 11 is 0. The summed E-state index contributed by atoms with van der Waals surface area (Å²) in [6, 6.07) is 6.47. The molecule has 0 radical (unpaired) electrons. The lowest BCUT2D eigenvalue weighted by molar-refractivity contribution is 0.164. The van der Waals surface area contributed by atoms with Crippen molar-refractivity contribution in [1.29, 1.82) is 0 Å². The second kappa shape index (κ2) is 7.38. The Hall–Kier alpha value is -2.17. The molecule has 1 aliphatic carbocycles. The van der Waals surface area contributed by atoms with Gasteiger partial charge in [0.1, 0.15) is 11.9 Å². The van der Waals surface area contributed by atoms with Crippen LogP contribution in [0.2, 0.25) is 0 Å². The van der Waals surface area contributed by atoms with Crippen molar-refractivity contribution >= 4 is 10.8 Å². The number of benzene rings is 1. The highest BCUT2D eigenvalue weighted by Gasteiger charge is 2.18. The fraction of sp³-hybridized carbons (Fsp3) is 0.381. The molecule has 1 atom stereocenters. The minimum absolute atomic E-state index is 0.108. The Bertz CT molecular complexity index is 807. The van der Waals surface area contributed by atoms with Gasteiger partial charge in [-0.15, -0.1) is 0 Å². The number of fused-ring (bicyclic) bond motifs is 1. The minimum Gasteiger partial charge on any atom is -0.490 e. The third kappa shape index (κ3) is 3.60. The molecule has 0 bridgehead atoms. The molecule has 1 saturated heterocycles. The number of nitrogens with zero attached hydrogens (tertiary/aromatic N) is 1. The van der Waals surface area contributed by atoms with Crippen molar-refractivity contribution < 1.29 is 9.84 Å². The average Bonchev–Trinajstić information content (AvgIpc) is 2.69. The van der Waals surface area contributed by atoms with E-state index in [0.29, 0.717) is 5.92 Å². The second-order valence-corrected chi connectivity index (χ2v) is 6.82. The molecule has 4 heteroatoms. The molecule has 0 amide bonds. The predicted molar refractivity (Wildman–Crippen MR) is 99.9 cm³/mol. The summed E-state index contributed by atoms with van der Waals surface area (Å²) in [4.78, 5) is 4.29. The zero-order valence-electron chi connectivity index (χ0n) is 14.3. The van der Waals surface area contributed by atoms with Crippen LogP contribution >= 0.6 is 0 Å². The SMILES string of the molecule is OCC1=CCC(c2cc(OC3CCNCC3)c3cnccc3c2)C=C1. The third-order valence-electron chi connectivity index (χ3n) is 5.11. The molecule has 4 rings (SSSR count). The Morgan fingerprint density at radius 2 is 2.12 bits per heavy atom. The van der Waals surface area contributed by atoms with Crippen molar-refractivity contribution in [3.05, 3.63) is 60.0 Å². The van der Waals surface area contributed by atoms with Gasteiger partial charge in [-0.25, -0.2) is 0 Å². The van der Waals surface area contributed by atoms with Crippen LogP contribution in [0, 0.1) is 0 Å². The van der Waals surface area contributed by atoms with Gasteiger partial charge in [-0.2, -0.15) is 0 Å². The molecule has 1 aliphatic heterocycles. The average molecular weight is 336 g/mol. The maximum atomic E-state index is 9.26. The highest BCUT2D eigenvalue weighted by molar-refractivity contribution is 5.88. The summed E-state index contributed by atoms with van der Waals surface area (Å²) in [5.74, 6) is 1.26. The van der Waals surface area contributed by atoms with Gasteiger partial charge in [-0.05, 0) is 61.0 Å². The molecule has 0 saturated carbocycles. The van der Waals surface area contributed by atoms with Gasteiger partial charge in [-0.3, -0.25) is 4.98 Å². The van der Waals surface area contributed by atoms with Gasteiger partial charge in [0.2, 0.25) is 0 Å². The van der Waals surface area contributed by atoms with E-state index in [9.17, 15) is 5.11 Å². The first-order chi connectivity index (χ1) is 12.3. The van der Waals surface area contributed by atoms with Gasteiger partial charge >= 0.3 is 0 Å². The molecule has 0 spiro atoms. The van der Waals surface area contributed by atoms with Gasteiger partial charge in [0.15, 0.2) is 0 Å². The number of hydrogen-bond acceptors (Lipinski definition) is 4. The summed E-state index contributed by atoms with van der Waals surface area (Å²) in [7, 11) is 0. The van der Waals surface area contributed by atoms with Crippen molar-refractivity contribution in [2.75, 3.05) is 19.7 Å². The molecule has 130 valence electrons. The van der Waals surface area contributed by atoms with E-state index in [0.717, 1.165) is 49.1 Å². The quantitative estimate of drug-likeness (QED) is 0.899. The van der Waals surface area contributed by atoms with E-state index in [1.807, 2.05) is 18.5 Å². The summed E-state index contributed by atoms with van der Waals surface area (Å²) in [6.45, 7) is 2.14. The van der Waals surface area contributed by atoms with Crippen molar-refractivity contribution in [3.63, 3.8) is 0 Å². The molecule has 1 aromatic heterocycles. The van der Waals surface area contributed by atoms with Crippen LogP contribution in [0.25, 0.3) is 10.8 Å². The van der Waals surface area contributed by atoms with Gasteiger partial charge in [0, 0.05) is 23.7 Å². The monoisotopic (exact) mass is 336 g/mol. The third-order valence-corrected chi connectivity index (χ3v) is 5.11. The minimum atomic E-state index is 0.108. The zero-order chi connectivity index (χ0) is 17.1. The Morgan fingerprint density at radius 1 is 1.24 bits per heavy atom. The topological polar surface area (TPSA) is 54.4 Å². The van der Waals surface area contributed by atoms with Crippen LogP contribution in [0.3, 0.4) is 0 Å². The first-order valence-corrected chi connectivity index (χ1v) is 9.06. The van der Waals surface area contributed by atoms with E-state index in [4.69, 9.17) is 4.74 Å². The molecule has 1 aromatic carbocycles. The van der Waals surface area contributed by atoms with E-state index in [1.165, 1.54) is 10.9 Å². The highest BCUT2D eigenvalue weighted by Crippen LogP contribution is 2.35. The number of piperidine rings is 1. The van der Waals surface area contributed by atoms with Gasteiger partial charge in [0.25, 0.3) is 0 Å². The van der Waals surface area contributed by atoms with E-state index in [2.05, 4.69) is 40.7 Å². The van der Waals surface area contributed by atoms with Crippen molar-refractivity contribution in [2.45, 2.75) is 31.3 Å². The van der Waals surface area contributed by atoms with Gasteiger partial charge < -0.3 is 15.2 Å². The van der Waals surface area contributed by atoms with Crippen LogP contribution < -0.4 is 10.1 Å². The molecule has 2 aliphatic rings. The lowest BCUT2D eigenvalue weighted by atomic mass is 9.89. The standard InChI is InChI=1S/C21H24N2O2/c24-14-15-1-3-16(4-2-15)18-11-17-5-8-23-13-20(17)21(12-18)25-19-6-9-22-10-7-19/h1-3,5,8,11-13,16,19,22,24H,4,6-7,9-10,14H2. The van der Waals surface area contributed by atoms with Gasteiger partial charge in [0.05, 0.1) is 6.61 Å². The number of pyridine rings is 1. The second-order valence-electron chi connectivity index (χ2n) is 6.82. The smallest absolute Gasteiger partial charge is 0.129 e. The molecular weight excluding hydrogens is 312 g/mol. The first kappa shape index (κ1) is 16.3. The number of allylic oxidation sites excluding steroid dienone is 2. The van der Waals surface area contributed by atoms with Gasteiger partial charge in [-0.1, -0.05) is 24.3 Å². The van der Waals surface area contributed by atoms with Crippen molar-refractivity contribution in [1.82, 2.24) is 10.3 Å². The molecular formula is C21H24N2O2. The van der Waals surface area contributed by atoms with Crippen LogP contribution in [0.5, 0.6) is 5.75 Å². The number of nitrogens with one attached hydrogen (secondary N) is 1. The Balaban J connectivity index is 1.66. The number of rotatable bonds is 4. The lowest BCUT2D eigenvalue weighted by Crippen LogP contribution is -2.34. The first-order valence-electron chi connectivity index (χ1n) is 9.06. The lowest BCUT2D eigenvalue weighted by Gasteiger charge is -2.25. The Morgan fingerprint density at radius 3 is 2.88 bits per heavy atom. The van der Waals surface area contributed by atoms with E-state index >= 15 is 0 Å². The van der Waals surface area contributed by atoms with Crippen molar-refractivity contribution in [3.8, 4) is 5.75 Å². The molecule has 4 nitrogen and oxygen atoms in total. The van der Waals surface area contributed by atoms with Crippen LogP contribution in [0.15, 0.2) is 54.4 Å². The van der Waals surface area contributed by atoms with Crippen LogP contribution in [0.1, 0.15) is 30.7 Å². The predicted octanol–water partition coefficient (Wildman–Crippen LogP) is 3.33.